The van der Waals surface area contributed by atoms with Crippen LogP contribution < -0.4 is 0 Å². The number of hydrogen-bond acceptors (Lipinski definition) is 3. The number of halogens is 1. The Hall–Kier alpha value is -2.04. The maximum absolute atomic E-state index is 12.7. The first-order valence-electron chi connectivity index (χ1n) is 7.76. The van der Waals surface area contributed by atoms with Crippen molar-refractivity contribution in [2.75, 3.05) is 6.54 Å². The summed E-state index contributed by atoms with van der Waals surface area (Å²) in [6, 6.07) is 14.2. The van der Waals surface area contributed by atoms with E-state index in [1.165, 1.54) is 12.1 Å². The molecule has 0 radical (unpaired) electrons. The lowest BCUT2D eigenvalue weighted by Crippen LogP contribution is -2.42. The second kappa shape index (κ2) is 7.69. The van der Waals surface area contributed by atoms with Crippen LogP contribution in [0, 0.1) is 0 Å². The maximum atomic E-state index is 12.7. The summed E-state index contributed by atoms with van der Waals surface area (Å²) in [7, 11) is 0. The highest BCUT2D eigenvalue weighted by Gasteiger charge is 2.23. The minimum Gasteiger partial charge on any atom is -0.508 e. The van der Waals surface area contributed by atoms with Crippen LogP contribution >= 0.6 is 11.6 Å². The predicted molar refractivity (Wildman–Crippen MR) is 95.0 cm³/mol. The molecule has 5 heteroatoms. The van der Waals surface area contributed by atoms with E-state index < -0.39 is 5.60 Å². The summed E-state index contributed by atoms with van der Waals surface area (Å²) in [6.07, 6.45) is 0.113. The summed E-state index contributed by atoms with van der Waals surface area (Å²) in [5, 5.41) is 19.9. The van der Waals surface area contributed by atoms with Gasteiger partial charge in [-0.2, -0.15) is 0 Å². The van der Waals surface area contributed by atoms with E-state index in [0.29, 0.717) is 17.1 Å². The molecule has 0 atom stereocenters. The molecular weight excluding hydrogens is 326 g/mol. The second-order valence-electron chi connectivity index (χ2n) is 6.50. The van der Waals surface area contributed by atoms with Crippen LogP contribution in [0.5, 0.6) is 5.75 Å². The van der Waals surface area contributed by atoms with Gasteiger partial charge in [-0.25, -0.2) is 0 Å². The quantitative estimate of drug-likeness (QED) is 0.842. The van der Waals surface area contributed by atoms with Gasteiger partial charge in [0.1, 0.15) is 5.75 Å². The van der Waals surface area contributed by atoms with Gasteiger partial charge >= 0.3 is 0 Å². The van der Waals surface area contributed by atoms with E-state index in [1.54, 1.807) is 24.8 Å². The Morgan fingerprint density at radius 3 is 2.42 bits per heavy atom. The maximum Gasteiger partial charge on any atom is 0.227 e. The molecule has 0 saturated carbocycles. The molecule has 0 unspecified atom stereocenters. The first-order chi connectivity index (χ1) is 11.2. The summed E-state index contributed by atoms with van der Waals surface area (Å²) in [4.78, 5) is 14.3. The number of aromatic hydroxyl groups is 1. The number of benzene rings is 2. The van der Waals surface area contributed by atoms with E-state index in [-0.39, 0.29) is 24.6 Å². The molecule has 2 aromatic rings. The molecule has 0 fully saturated rings. The van der Waals surface area contributed by atoms with Crippen molar-refractivity contribution in [2.24, 2.45) is 0 Å². The standard InChI is InChI=1S/C19H22ClNO3/c1-19(2,24)13-21(12-14-6-4-3-5-7-14)18(23)10-15-8-9-16(22)11-17(15)20/h3-9,11,22,24H,10,12-13H2,1-2H3. The molecule has 0 aliphatic heterocycles. The van der Waals surface area contributed by atoms with Crippen molar-refractivity contribution in [3.8, 4) is 5.75 Å². The van der Waals surface area contributed by atoms with Crippen molar-refractivity contribution in [1.29, 1.82) is 0 Å². The lowest BCUT2D eigenvalue weighted by atomic mass is 10.1. The molecule has 128 valence electrons. The number of amides is 1. The van der Waals surface area contributed by atoms with Crippen molar-refractivity contribution in [1.82, 2.24) is 4.90 Å². The normalized spacial score (nSPS) is 11.3. The van der Waals surface area contributed by atoms with Crippen LogP contribution in [0.2, 0.25) is 5.02 Å². The predicted octanol–water partition coefficient (Wildman–Crippen LogP) is 3.39. The number of carbonyl (C=O) groups excluding carboxylic acids is 1. The van der Waals surface area contributed by atoms with Crippen LogP contribution in [0.25, 0.3) is 0 Å². The van der Waals surface area contributed by atoms with Gasteiger partial charge in [0.2, 0.25) is 5.91 Å². The lowest BCUT2D eigenvalue weighted by molar-refractivity contribution is -0.134. The smallest absolute Gasteiger partial charge is 0.227 e. The SMILES string of the molecule is CC(C)(O)CN(Cc1ccccc1)C(=O)Cc1ccc(O)cc1Cl. The van der Waals surface area contributed by atoms with Gasteiger partial charge < -0.3 is 15.1 Å². The monoisotopic (exact) mass is 347 g/mol. The van der Waals surface area contributed by atoms with E-state index >= 15 is 0 Å². The Morgan fingerprint density at radius 2 is 1.83 bits per heavy atom. The molecule has 2 N–H and O–H groups in total. The van der Waals surface area contributed by atoms with E-state index in [2.05, 4.69) is 0 Å². The Balaban J connectivity index is 2.17. The fraction of sp³-hybridized carbons (Fsp3) is 0.316. The largest absolute Gasteiger partial charge is 0.508 e. The fourth-order valence-corrected chi connectivity index (χ4v) is 2.70. The molecule has 0 bridgehead atoms. The van der Waals surface area contributed by atoms with Gasteiger partial charge in [0.05, 0.1) is 12.0 Å². The molecule has 0 aliphatic rings. The summed E-state index contributed by atoms with van der Waals surface area (Å²) < 4.78 is 0. The number of carbonyl (C=O) groups is 1. The van der Waals surface area contributed by atoms with Crippen molar-refractivity contribution < 1.29 is 15.0 Å². The van der Waals surface area contributed by atoms with Crippen LogP contribution in [-0.2, 0) is 17.8 Å². The summed E-state index contributed by atoms with van der Waals surface area (Å²) in [6.45, 7) is 3.98. The number of hydrogen-bond donors (Lipinski definition) is 2. The molecule has 0 aromatic heterocycles. The van der Waals surface area contributed by atoms with Gasteiger partial charge in [-0.1, -0.05) is 48.0 Å². The minimum atomic E-state index is -0.997. The summed E-state index contributed by atoms with van der Waals surface area (Å²) in [5.74, 6) is -0.0672. The van der Waals surface area contributed by atoms with Crippen LogP contribution in [0.3, 0.4) is 0 Å². The number of rotatable bonds is 6. The third kappa shape index (κ3) is 5.55. The third-order valence-electron chi connectivity index (χ3n) is 3.53. The highest BCUT2D eigenvalue weighted by Crippen LogP contribution is 2.23. The van der Waals surface area contributed by atoms with Crippen molar-refractivity contribution in [2.45, 2.75) is 32.4 Å². The molecule has 0 saturated heterocycles. The van der Waals surface area contributed by atoms with Gasteiger partial charge in [0, 0.05) is 18.1 Å². The van der Waals surface area contributed by atoms with Gasteiger partial charge in [0.25, 0.3) is 0 Å². The zero-order chi connectivity index (χ0) is 17.7. The molecule has 0 aliphatic carbocycles. The number of phenolic OH excluding ortho intramolecular Hbond substituents is 1. The van der Waals surface area contributed by atoms with Crippen LogP contribution in [0.4, 0.5) is 0 Å². The molecule has 0 spiro atoms. The molecule has 2 rings (SSSR count). The third-order valence-corrected chi connectivity index (χ3v) is 3.88. The highest BCUT2D eigenvalue weighted by molar-refractivity contribution is 6.31. The Kier molecular flexibility index (Phi) is 5.86. The highest BCUT2D eigenvalue weighted by atomic mass is 35.5. The second-order valence-corrected chi connectivity index (χ2v) is 6.91. The average Bonchev–Trinajstić information content (AvgIpc) is 2.49. The number of nitrogens with zero attached hydrogens (tertiary/aromatic N) is 1. The zero-order valence-electron chi connectivity index (χ0n) is 13.9. The number of aliphatic hydroxyl groups is 1. The zero-order valence-corrected chi connectivity index (χ0v) is 14.6. The van der Waals surface area contributed by atoms with Gasteiger partial charge in [-0.3, -0.25) is 4.79 Å². The van der Waals surface area contributed by atoms with Gasteiger partial charge in [-0.15, -0.1) is 0 Å². The first kappa shape index (κ1) is 18.3. The van der Waals surface area contributed by atoms with Crippen molar-refractivity contribution in [3.05, 3.63) is 64.7 Å². The van der Waals surface area contributed by atoms with Gasteiger partial charge in [0.15, 0.2) is 0 Å². The fourth-order valence-electron chi connectivity index (χ4n) is 2.46. The lowest BCUT2D eigenvalue weighted by Gasteiger charge is -2.29. The van der Waals surface area contributed by atoms with Gasteiger partial charge in [-0.05, 0) is 37.1 Å². The first-order valence-corrected chi connectivity index (χ1v) is 8.14. The molecule has 0 heterocycles. The van der Waals surface area contributed by atoms with Crippen LogP contribution in [0.1, 0.15) is 25.0 Å². The van der Waals surface area contributed by atoms with E-state index in [0.717, 1.165) is 5.56 Å². The van der Waals surface area contributed by atoms with Crippen molar-refractivity contribution >= 4 is 17.5 Å². The average molecular weight is 348 g/mol. The van der Waals surface area contributed by atoms with E-state index in [4.69, 9.17) is 11.6 Å². The topological polar surface area (TPSA) is 60.8 Å². The minimum absolute atomic E-state index is 0.0637. The van der Waals surface area contributed by atoms with E-state index in [1.807, 2.05) is 30.3 Å². The number of phenols is 1. The molecular formula is C19H22ClNO3. The molecule has 1 amide bonds. The Morgan fingerprint density at radius 1 is 1.17 bits per heavy atom. The Labute approximate surface area is 147 Å². The Bertz CT molecular complexity index is 696. The summed E-state index contributed by atoms with van der Waals surface area (Å²) in [5.41, 5.74) is 0.642. The molecule has 24 heavy (non-hydrogen) atoms. The van der Waals surface area contributed by atoms with Crippen molar-refractivity contribution in [3.63, 3.8) is 0 Å². The summed E-state index contributed by atoms with van der Waals surface area (Å²) >= 11 is 6.09. The molecule has 2 aromatic carbocycles. The van der Waals surface area contributed by atoms with Crippen LogP contribution in [-0.4, -0.2) is 33.2 Å². The van der Waals surface area contributed by atoms with E-state index in [9.17, 15) is 15.0 Å². The molecule has 4 nitrogen and oxygen atoms in total. The van der Waals surface area contributed by atoms with Crippen LogP contribution in [0.15, 0.2) is 48.5 Å².